The predicted octanol–water partition coefficient (Wildman–Crippen LogP) is 3.88. The number of rotatable bonds is 10. The molecule has 1 heterocycles. The normalized spacial score (nSPS) is 32.2. The third-order valence-corrected chi connectivity index (χ3v) is 4.85. The highest BCUT2D eigenvalue weighted by Crippen LogP contribution is 2.36. The van der Waals surface area contributed by atoms with E-state index in [9.17, 15) is 10.2 Å². The molecule has 4 nitrogen and oxygen atoms in total. The highest BCUT2D eigenvalue weighted by molar-refractivity contribution is 4.89. The fraction of sp³-hybridized carbons (Fsp3) is 1.00. The summed E-state index contributed by atoms with van der Waals surface area (Å²) in [4.78, 5) is 0. The summed E-state index contributed by atoms with van der Waals surface area (Å²) in [6.07, 6.45) is 4.69. The van der Waals surface area contributed by atoms with Gasteiger partial charge in [-0.2, -0.15) is 0 Å². The standard InChI is InChI=1S/C19H38O4/c1-13(2)9-7-10-14(3)11-8-12-19(6)22-17(15(4)20)18(23-19)16(5)21/h13-18,20-21H,7-12H2,1-6H3. The van der Waals surface area contributed by atoms with E-state index in [1.165, 1.54) is 25.7 Å². The molecule has 4 heteroatoms. The van der Waals surface area contributed by atoms with Gasteiger partial charge in [-0.15, -0.1) is 0 Å². The Labute approximate surface area is 142 Å². The van der Waals surface area contributed by atoms with Crippen LogP contribution in [0.5, 0.6) is 0 Å². The first-order valence-corrected chi connectivity index (χ1v) is 9.36. The van der Waals surface area contributed by atoms with Gasteiger partial charge in [-0.05, 0) is 39.0 Å². The Morgan fingerprint density at radius 3 is 1.74 bits per heavy atom. The van der Waals surface area contributed by atoms with E-state index < -0.39 is 30.2 Å². The maximum Gasteiger partial charge on any atom is 0.166 e. The monoisotopic (exact) mass is 330 g/mol. The molecule has 1 aliphatic heterocycles. The second-order valence-electron chi connectivity index (χ2n) is 8.10. The van der Waals surface area contributed by atoms with Crippen LogP contribution in [-0.4, -0.2) is 40.4 Å². The molecular weight excluding hydrogens is 292 g/mol. The lowest BCUT2D eigenvalue weighted by molar-refractivity contribution is -0.178. The van der Waals surface area contributed by atoms with E-state index in [1.807, 2.05) is 6.92 Å². The average molecular weight is 331 g/mol. The minimum Gasteiger partial charge on any atom is -0.391 e. The van der Waals surface area contributed by atoms with Crippen molar-refractivity contribution in [1.82, 2.24) is 0 Å². The molecule has 1 saturated heterocycles. The maximum absolute atomic E-state index is 9.84. The van der Waals surface area contributed by atoms with Crippen LogP contribution in [0, 0.1) is 11.8 Å². The summed E-state index contributed by atoms with van der Waals surface area (Å²) in [6.45, 7) is 12.2. The van der Waals surface area contributed by atoms with Gasteiger partial charge in [-0.25, -0.2) is 0 Å². The Hall–Kier alpha value is -0.160. The van der Waals surface area contributed by atoms with Gasteiger partial charge in [0, 0.05) is 6.42 Å². The molecule has 5 unspecified atom stereocenters. The first-order valence-electron chi connectivity index (χ1n) is 9.36. The summed E-state index contributed by atoms with van der Waals surface area (Å²) >= 11 is 0. The summed E-state index contributed by atoms with van der Waals surface area (Å²) < 4.78 is 11.9. The molecule has 1 rings (SSSR count). The Morgan fingerprint density at radius 2 is 1.30 bits per heavy atom. The van der Waals surface area contributed by atoms with E-state index in [0.717, 1.165) is 24.7 Å². The summed E-state index contributed by atoms with van der Waals surface area (Å²) in [6, 6.07) is 0. The molecule has 138 valence electrons. The lowest BCUT2D eigenvalue weighted by Gasteiger charge is -2.24. The van der Waals surface area contributed by atoms with Gasteiger partial charge in [-0.3, -0.25) is 0 Å². The predicted molar refractivity (Wildman–Crippen MR) is 93.2 cm³/mol. The Kier molecular flexibility index (Phi) is 8.50. The lowest BCUT2D eigenvalue weighted by Crippen LogP contribution is -2.39. The van der Waals surface area contributed by atoms with Crippen molar-refractivity contribution in [2.24, 2.45) is 11.8 Å². The zero-order valence-electron chi connectivity index (χ0n) is 15.9. The minimum atomic E-state index is -0.693. The second kappa shape index (κ2) is 9.36. The fourth-order valence-corrected chi connectivity index (χ4v) is 3.39. The maximum atomic E-state index is 9.84. The molecular formula is C19H38O4. The molecule has 0 aliphatic carbocycles. The Balaban J connectivity index is 2.36. The van der Waals surface area contributed by atoms with Crippen LogP contribution in [0.1, 0.15) is 80.1 Å². The Morgan fingerprint density at radius 1 is 0.826 bits per heavy atom. The number of ether oxygens (including phenoxy) is 2. The summed E-state index contributed by atoms with van der Waals surface area (Å²) in [5, 5.41) is 19.7. The molecule has 0 radical (unpaired) electrons. The zero-order valence-corrected chi connectivity index (χ0v) is 15.9. The smallest absolute Gasteiger partial charge is 0.166 e. The van der Waals surface area contributed by atoms with Crippen molar-refractivity contribution in [2.75, 3.05) is 0 Å². The quantitative estimate of drug-likeness (QED) is 0.638. The van der Waals surface area contributed by atoms with E-state index in [4.69, 9.17) is 9.47 Å². The van der Waals surface area contributed by atoms with Crippen molar-refractivity contribution in [3.8, 4) is 0 Å². The van der Waals surface area contributed by atoms with Crippen LogP contribution in [0.4, 0.5) is 0 Å². The molecule has 0 bridgehead atoms. The van der Waals surface area contributed by atoms with E-state index >= 15 is 0 Å². The Bertz CT molecular complexity index is 311. The van der Waals surface area contributed by atoms with E-state index in [1.54, 1.807) is 13.8 Å². The highest BCUT2D eigenvalue weighted by Gasteiger charge is 2.47. The van der Waals surface area contributed by atoms with Gasteiger partial charge in [0.1, 0.15) is 12.2 Å². The molecule has 1 fully saturated rings. The van der Waals surface area contributed by atoms with E-state index in [-0.39, 0.29) is 0 Å². The van der Waals surface area contributed by atoms with Crippen LogP contribution < -0.4 is 0 Å². The third kappa shape index (κ3) is 7.08. The molecule has 0 aromatic rings. The molecule has 0 amide bonds. The van der Waals surface area contributed by atoms with Crippen LogP contribution in [0.3, 0.4) is 0 Å². The largest absolute Gasteiger partial charge is 0.391 e. The molecule has 0 saturated carbocycles. The van der Waals surface area contributed by atoms with Crippen molar-refractivity contribution in [1.29, 1.82) is 0 Å². The van der Waals surface area contributed by atoms with Crippen LogP contribution >= 0.6 is 0 Å². The number of hydrogen-bond acceptors (Lipinski definition) is 4. The van der Waals surface area contributed by atoms with Gasteiger partial charge >= 0.3 is 0 Å². The van der Waals surface area contributed by atoms with Crippen LogP contribution in [0.25, 0.3) is 0 Å². The first kappa shape index (κ1) is 20.9. The third-order valence-electron chi connectivity index (χ3n) is 4.85. The first-order chi connectivity index (χ1) is 10.6. The molecule has 0 aromatic heterocycles. The van der Waals surface area contributed by atoms with Gasteiger partial charge in [0.25, 0.3) is 0 Å². The van der Waals surface area contributed by atoms with E-state index in [2.05, 4.69) is 20.8 Å². The number of hydrogen-bond donors (Lipinski definition) is 2. The molecule has 0 aromatic carbocycles. The van der Waals surface area contributed by atoms with Gasteiger partial charge in [0.05, 0.1) is 12.2 Å². The minimum absolute atomic E-state index is 0.455. The van der Waals surface area contributed by atoms with Gasteiger partial charge < -0.3 is 19.7 Å². The summed E-state index contributed by atoms with van der Waals surface area (Å²) in [5.41, 5.74) is 0. The number of aliphatic hydroxyl groups excluding tert-OH is 2. The molecule has 0 spiro atoms. The topological polar surface area (TPSA) is 58.9 Å². The van der Waals surface area contributed by atoms with Crippen molar-refractivity contribution >= 4 is 0 Å². The van der Waals surface area contributed by atoms with Crippen molar-refractivity contribution in [2.45, 2.75) is 110 Å². The van der Waals surface area contributed by atoms with Gasteiger partial charge in [0.2, 0.25) is 0 Å². The van der Waals surface area contributed by atoms with Crippen LogP contribution in [0.15, 0.2) is 0 Å². The molecule has 2 N–H and O–H groups in total. The highest BCUT2D eigenvalue weighted by atomic mass is 16.8. The van der Waals surface area contributed by atoms with Gasteiger partial charge in [0.15, 0.2) is 5.79 Å². The summed E-state index contributed by atoms with van der Waals surface area (Å²) in [5.74, 6) is 0.816. The van der Waals surface area contributed by atoms with Crippen LogP contribution in [-0.2, 0) is 9.47 Å². The summed E-state index contributed by atoms with van der Waals surface area (Å²) in [7, 11) is 0. The van der Waals surface area contributed by atoms with Crippen molar-refractivity contribution < 1.29 is 19.7 Å². The van der Waals surface area contributed by atoms with E-state index in [0.29, 0.717) is 0 Å². The van der Waals surface area contributed by atoms with Crippen LogP contribution in [0.2, 0.25) is 0 Å². The SMILES string of the molecule is CC(C)CCCC(C)CCCC1(C)OC(C(C)O)C(C(C)O)O1. The lowest BCUT2D eigenvalue weighted by atomic mass is 9.94. The van der Waals surface area contributed by atoms with Crippen molar-refractivity contribution in [3.05, 3.63) is 0 Å². The number of aliphatic hydroxyl groups is 2. The van der Waals surface area contributed by atoms with Crippen molar-refractivity contribution in [3.63, 3.8) is 0 Å². The molecule has 5 atom stereocenters. The zero-order chi connectivity index (χ0) is 17.6. The molecule has 23 heavy (non-hydrogen) atoms. The second-order valence-corrected chi connectivity index (χ2v) is 8.10. The average Bonchev–Trinajstić information content (AvgIpc) is 2.77. The molecule has 1 aliphatic rings. The van der Waals surface area contributed by atoms with Gasteiger partial charge in [-0.1, -0.05) is 46.5 Å². The fourth-order valence-electron chi connectivity index (χ4n) is 3.39.